The first-order chi connectivity index (χ1) is 10.7. The van der Waals surface area contributed by atoms with Gasteiger partial charge in [-0.15, -0.1) is 5.10 Å². The topological polar surface area (TPSA) is 52.8 Å². The van der Waals surface area contributed by atoms with Crippen LogP contribution in [0.5, 0.6) is 5.75 Å². The second-order valence-corrected chi connectivity index (χ2v) is 5.44. The molecule has 0 N–H and O–H groups in total. The van der Waals surface area contributed by atoms with Crippen LogP contribution in [0.25, 0.3) is 5.69 Å². The van der Waals surface area contributed by atoms with Crippen molar-refractivity contribution in [3.63, 3.8) is 0 Å². The van der Waals surface area contributed by atoms with Gasteiger partial charge in [-0.1, -0.05) is 44.2 Å². The first-order valence-corrected chi connectivity index (χ1v) is 7.27. The van der Waals surface area contributed by atoms with E-state index in [2.05, 4.69) is 53.6 Å². The summed E-state index contributed by atoms with van der Waals surface area (Å²) in [5.41, 5.74) is 3.36. The third-order valence-corrected chi connectivity index (χ3v) is 3.48. The van der Waals surface area contributed by atoms with Crippen LogP contribution >= 0.6 is 0 Å². The Balaban J connectivity index is 1.67. The van der Waals surface area contributed by atoms with Crippen molar-refractivity contribution >= 4 is 0 Å². The fourth-order valence-corrected chi connectivity index (χ4v) is 2.16. The van der Waals surface area contributed by atoms with Crippen molar-refractivity contribution in [3.8, 4) is 11.4 Å². The second-order valence-electron chi connectivity index (χ2n) is 5.44. The van der Waals surface area contributed by atoms with Crippen LogP contribution in [0.4, 0.5) is 0 Å². The molecule has 0 saturated heterocycles. The van der Waals surface area contributed by atoms with Crippen molar-refractivity contribution in [2.45, 2.75) is 26.4 Å². The van der Waals surface area contributed by atoms with Crippen LogP contribution in [-0.4, -0.2) is 20.2 Å². The summed E-state index contributed by atoms with van der Waals surface area (Å²) in [4.78, 5) is 0. The van der Waals surface area contributed by atoms with E-state index in [1.165, 1.54) is 5.56 Å². The second kappa shape index (κ2) is 6.39. The lowest BCUT2D eigenvalue weighted by Crippen LogP contribution is -1.99. The summed E-state index contributed by atoms with van der Waals surface area (Å²) in [5, 5.41) is 11.1. The van der Waals surface area contributed by atoms with E-state index in [1.807, 2.05) is 24.3 Å². The number of hydrogen-bond acceptors (Lipinski definition) is 4. The van der Waals surface area contributed by atoms with E-state index in [0.717, 1.165) is 17.0 Å². The number of aromatic nitrogens is 4. The zero-order chi connectivity index (χ0) is 15.4. The monoisotopic (exact) mass is 294 g/mol. The number of benzene rings is 2. The zero-order valence-electron chi connectivity index (χ0n) is 12.7. The number of rotatable bonds is 5. The highest BCUT2D eigenvalue weighted by molar-refractivity contribution is 5.38. The molecule has 1 aromatic heterocycles. The van der Waals surface area contributed by atoms with E-state index in [4.69, 9.17) is 4.74 Å². The van der Waals surface area contributed by atoms with Gasteiger partial charge in [-0.3, -0.25) is 0 Å². The first-order valence-electron chi connectivity index (χ1n) is 7.27. The Bertz CT molecular complexity index is 721. The normalized spacial score (nSPS) is 10.9. The zero-order valence-corrected chi connectivity index (χ0v) is 12.7. The summed E-state index contributed by atoms with van der Waals surface area (Å²) in [7, 11) is 0. The molecule has 22 heavy (non-hydrogen) atoms. The van der Waals surface area contributed by atoms with Gasteiger partial charge in [-0.2, -0.15) is 0 Å². The molecule has 0 aliphatic heterocycles. The molecule has 112 valence electrons. The fourth-order valence-electron chi connectivity index (χ4n) is 2.16. The minimum absolute atomic E-state index is 0.539. The van der Waals surface area contributed by atoms with Crippen LogP contribution in [-0.2, 0) is 6.61 Å². The molecule has 0 saturated carbocycles. The lowest BCUT2D eigenvalue weighted by atomic mass is 10.0. The van der Waals surface area contributed by atoms with Gasteiger partial charge in [0.2, 0.25) is 0 Å². The molecule has 0 atom stereocenters. The van der Waals surface area contributed by atoms with Gasteiger partial charge in [0.1, 0.15) is 18.7 Å². The highest BCUT2D eigenvalue weighted by Crippen LogP contribution is 2.19. The molecule has 1 heterocycles. The SMILES string of the molecule is CC(C)c1ccc(COc2cccc(-n3cnnn3)c2)cc1. The van der Waals surface area contributed by atoms with E-state index in [1.54, 1.807) is 11.0 Å². The Morgan fingerprint density at radius 1 is 1.09 bits per heavy atom. The molecule has 0 radical (unpaired) electrons. The lowest BCUT2D eigenvalue weighted by molar-refractivity contribution is 0.306. The highest BCUT2D eigenvalue weighted by Gasteiger charge is 2.02. The average molecular weight is 294 g/mol. The smallest absolute Gasteiger partial charge is 0.143 e. The minimum Gasteiger partial charge on any atom is -0.489 e. The lowest BCUT2D eigenvalue weighted by Gasteiger charge is -2.09. The van der Waals surface area contributed by atoms with Gasteiger partial charge in [-0.25, -0.2) is 4.68 Å². The average Bonchev–Trinajstić information content (AvgIpc) is 3.08. The molecule has 0 bridgehead atoms. The summed E-state index contributed by atoms with van der Waals surface area (Å²) in [5.74, 6) is 1.34. The molecule has 0 aliphatic rings. The standard InChI is InChI=1S/C17H18N4O/c1-13(2)15-8-6-14(7-9-15)11-22-17-5-3-4-16(10-17)21-12-18-19-20-21/h3-10,12-13H,11H2,1-2H3. The maximum absolute atomic E-state index is 5.85. The molecular weight excluding hydrogens is 276 g/mol. The Hall–Kier alpha value is -2.69. The summed E-state index contributed by atoms with van der Waals surface area (Å²) >= 11 is 0. The molecule has 5 nitrogen and oxygen atoms in total. The van der Waals surface area contributed by atoms with Crippen molar-refractivity contribution in [1.82, 2.24) is 20.2 Å². The predicted molar refractivity (Wildman–Crippen MR) is 84.0 cm³/mol. The van der Waals surface area contributed by atoms with Gasteiger partial charge >= 0.3 is 0 Å². The molecule has 0 amide bonds. The van der Waals surface area contributed by atoms with Crippen LogP contribution < -0.4 is 4.74 Å². The van der Waals surface area contributed by atoms with Gasteiger partial charge in [-0.05, 0) is 39.6 Å². The Morgan fingerprint density at radius 2 is 1.91 bits per heavy atom. The quantitative estimate of drug-likeness (QED) is 0.724. The Morgan fingerprint density at radius 3 is 2.59 bits per heavy atom. The van der Waals surface area contributed by atoms with Gasteiger partial charge in [0.15, 0.2) is 0 Å². The van der Waals surface area contributed by atoms with Gasteiger partial charge < -0.3 is 4.74 Å². The Labute approximate surface area is 129 Å². The fraction of sp³-hybridized carbons (Fsp3) is 0.235. The molecule has 2 aromatic carbocycles. The van der Waals surface area contributed by atoms with Crippen LogP contribution in [0.3, 0.4) is 0 Å². The summed E-state index contributed by atoms with van der Waals surface area (Å²) in [6, 6.07) is 16.2. The third-order valence-electron chi connectivity index (χ3n) is 3.48. The maximum atomic E-state index is 5.85. The number of nitrogens with zero attached hydrogens (tertiary/aromatic N) is 4. The van der Waals surface area contributed by atoms with Gasteiger partial charge in [0.25, 0.3) is 0 Å². The molecule has 3 rings (SSSR count). The van der Waals surface area contributed by atoms with Crippen LogP contribution in [0, 0.1) is 0 Å². The van der Waals surface area contributed by atoms with Crippen molar-refractivity contribution in [2.75, 3.05) is 0 Å². The van der Waals surface area contributed by atoms with Crippen molar-refractivity contribution < 1.29 is 4.74 Å². The van der Waals surface area contributed by atoms with Crippen molar-refractivity contribution in [1.29, 1.82) is 0 Å². The maximum Gasteiger partial charge on any atom is 0.143 e. The van der Waals surface area contributed by atoms with Crippen LogP contribution in [0.1, 0.15) is 30.9 Å². The van der Waals surface area contributed by atoms with E-state index in [9.17, 15) is 0 Å². The van der Waals surface area contributed by atoms with Crippen LogP contribution in [0.15, 0.2) is 54.9 Å². The molecular formula is C17H18N4O. The number of hydrogen-bond donors (Lipinski definition) is 0. The third kappa shape index (κ3) is 3.31. The molecule has 5 heteroatoms. The molecule has 0 aliphatic carbocycles. The first kappa shape index (κ1) is 14.3. The largest absolute Gasteiger partial charge is 0.489 e. The number of tetrazole rings is 1. The van der Waals surface area contributed by atoms with E-state index >= 15 is 0 Å². The summed E-state index contributed by atoms with van der Waals surface area (Å²) in [6.07, 6.45) is 1.56. The van der Waals surface area contributed by atoms with Crippen LogP contribution in [0.2, 0.25) is 0 Å². The minimum atomic E-state index is 0.539. The van der Waals surface area contributed by atoms with Gasteiger partial charge in [0.05, 0.1) is 5.69 Å². The van der Waals surface area contributed by atoms with E-state index in [-0.39, 0.29) is 0 Å². The number of ether oxygens (including phenoxy) is 1. The van der Waals surface area contributed by atoms with E-state index in [0.29, 0.717) is 12.5 Å². The summed E-state index contributed by atoms with van der Waals surface area (Å²) < 4.78 is 7.45. The van der Waals surface area contributed by atoms with E-state index < -0.39 is 0 Å². The Kier molecular flexibility index (Phi) is 4.14. The molecule has 3 aromatic rings. The highest BCUT2D eigenvalue weighted by atomic mass is 16.5. The molecule has 0 unspecified atom stereocenters. The molecule has 0 spiro atoms. The predicted octanol–water partition coefficient (Wildman–Crippen LogP) is 3.36. The van der Waals surface area contributed by atoms with Crippen molar-refractivity contribution in [2.24, 2.45) is 0 Å². The molecule has 0 fully saturated rings. The van der Waals surface area contributed by atoms with Crippen molar-refractivity contribution in [3.05, 3.63) is 66.0 Å². The van der Waals surface area contributed by atoms with Gasteiger partial charge in [0, 0.05) is 6.07 Å². The summed E-state index contributed by atoms with van der Waals surface area (Å²) in [6.45, 7) is 4.92.